The molecule has 31 heavy (non-hydrogen) atoms. The molecule has 0 fully saturated rings. The van der Waals surface area contributed by atoms with Crippen LogP contribution in [0.1, 0.15) is 41.5 Å². The molecule has 7 nitrogen and oxygen atoms in total. The largest absolute Gasteiger partial charge is 0.352 e. The number of hydrogen-bond acceptors (Lipinski definition) is 5. The van der Waals surface area contributed by atoms with Gasteiger partial charge in [-0.25, -0.2) is 0 Å². The van der Waals surface area contributed by atoms with E-state index in [2.05, 4.69) is 15.6 Å². The fourth-order valence-corrected chi connectivity index (χ4v) is 3.51. The minimum Gasteiger partial charge on any atom is -0.352 e. The van der Waals surface area contributed by atoms with Gasteiger partial charge in [0, 0.05) is 34.9 Å². The van der Waals surface area contributed by atoms with Crippen molar-refractivity contribution in [2.24, 2.45) is 5.73 Å². The van der Waals surface area contributed by atoms with Gasteiger partial charge in [0.1, 0.15) is 0 Å². The number of para-hydroxylation sites is 1. The summed E-state index contributed by atoms with van der Waals surface area (Å²) >= 11 is 0. The van der Waals surface area contributed by atoms with Crippen LogP contribution in [0, 0.1) is 0 Å². The summed E-state index contributed by atoms with van der Waals surface area (Å²) in [7, 11) is 0. The molecule has 0 bridgehead atoms. The highest BCUT2D eigenvalue weighted by Gasteiger charge is 2.31. The molecule has 2 aromatic carbocycles. The highest BCUT2D eigenvalue weighted by atomic mass is 16.2. The molecule has 0 aliphatic carbocycles. The topological polar surface area (TPSA) is 100 Å². The number of aromatic nitrogens is 1. The average Bonchev–Trinajstić information content (AvgIpc) is 2.73. The van der Waals surface area contributed by atoms with Gasteiger partial charge in [-0.1, -0.05) is 24.3 Å². The normalized spacial score (nSPS) is 15.8. The summed E-state index contributed by atoms with van der Waals surface area (Å²) < 4.78 is 0. The molecule has 158 valence electrons. The van der Waals surface area contributed by atoms with Crippen molar-refractivity contribution in [1.82, 2.24) is 10.3 Å². The van der Waals surface area contributed by atoms with Crippen LogP contribution in [0.4, 0.5) is 11.4 Å². The summed E-state index contributed by atoms with van der Waals surface area (Å²) in [6.45, 7) is 5.77. The number of amides is 2. The van der Waals surface area contributed by atoms with Gasteiger partial charge >= 0.3 is 0 Å². The molecule has 1 atom stereocenters. The molecule has 0 spiro atoms. The van der Waals surface area contributed by atoms with Crippen LogP contribution in [-0.4, -0.2) is 28.6 Å². The number of nitrogens with two attached hydrogens (primary N) is 1. The first-order valence-electron chi connectivity index (χ1n) is 10.1. The molecule has 1 aliphatic rings. The van der Waals surface area contributed by atoms with Gasteiger partial charge in [0.05, 0.1) is 11.1 Å². The van der Waals surface area contributed by atoms with E-state index in [1.54, 1.807) is 18.3 Å². The first kappa shape index (κ1) is 20.6. The van der Waals surface area contributed by atoms with Crippen molar-refractivity contribution in [3.05, 3.63) is 78.1 Å². The van der Waals surface area contributed by atoms with Crippen LogP contribution < -0.4 is 21.3 Å². The van der Waals surface area contributed by atoms with Crippen LogP contribution in [0.3, 0.4) is 0 Å². The highest BCUT2D eigenvalue weighted by Crippen LogP contribution is 2.32. The molecule has 2 heterocycles. The third-order valence-electron chi connectivity index (χ3n) is 4.91. The molecule has 7 heteroatoms. The number of pyridine rings is 1. The second-order valence-corrected chi connectivity index (χ2v) is 8.53. The van der Waals surface area contributed by atoms with Crippen molar-refractivity contribution in [3.8, 4) is 11.1 Å². The smallest absolute Gasteiger partial charge is 0.263 e. The van der Waals surface area contributed by atoms with E-state index in [1.165, 1.54) is 11.1 Å². The number of nitrogens with zero attached hydrogens (tertiary/aromatic N) is 2. The zero-order valence-corrected chi connectivity index (χ0v) is 17.7. The first-order valence-corrected chi connectivity index (χ1v) is 10.1. The maximum Gasteiger partial charge on any atom is 0.263 e. The Labute approximate surface area is 181 Å². The minimum absolute atomic E-state index is 0.191. The second kappa shape index (κ2) is 7.85. The Kier molecular flexibility index (Phi) is 5.20. The third kappa shape index (κ3) is 4.27. The summed E-state index contributed by atoms with van der Waals surface area (Å²) in [6.07, 6.45) is 2.54. The van der Waals surface area contributed by atoms with Crippen molar-refractivity contribution < 1.29 is 9.59 Å². The number of fused-ring (bicyclic) bond motifs is 1. The SMILES string of the molecule is CC(C)(C)NC(=O)c1cncc(-c2ccc3c(c2)C(=O)N(c2ccccc2)C(N)N3)c1. The van der Waals surface area contributed by atoms with E-state index in [4.69, 9.17) is 5.73 Å². The van der Waals surface area contributed by atoms with Gasteiger partial charge in [-0.2, -0.15) is 0 Å². The Morgan fingerprint density at radius 3 is 2.52 bits per heavy atom. The molecule has 3 aromatic rings. The van der Waals surface area contributed by atoms with E-state index in [0.29, 0.717) is 22.5 Å². The summed E-state index contributed by atoms with van der Waals surface area (Å²) in [4.78, 5) is 31.5. The van der Waals surface area contributed by atoms with Crippen LogP contribution in [0.5, 0.6) is 0 Å². The Morgan fingerprint density at radius 1 is 1.06 bits per heavy atom. The van der Waals surface area contributed by atoms with Crippen LogP contribution in [0.25, 0.3) is 11.1 Å². The lowest BCUT2D eigenvalue weighted by Gasteiger charge is -2.35. The fourth-order valence-electron chi connectivity index (χ4n) is 3.51. The molecule has 0 saturated carbocycles. The van der Waals surface area contributed by atoms with Gasteiger partial charge in [-0.05, 0) is 56.7 Å². The minimum atomic E-state index is -0.667. The van der Waals surface area contributed by atoms with Gasteiger partial charge in [-0.15, -0.1) is 0 Å². The van der Waals surface area contributed by atoms with E-state index >= 15 is 0 Å². The summed E-state index contributed by atoms with van der Waals surface area (Å²) in [6, 6.07) is 16.6. The molecule has 0 radical (unpaired) electrons. The Bertz CT molecular complexity index is 1140. The predicted octanol–water partition coefficient (Wildman–Crippen LogP) is 3.59. The fraction of sp³-hybridized carbons (Fsp3) is 0.208. The number of nitrogens with one attached hydrogen (secondary N) is 2. The molecule has 0 saturated heterocycles. The van der Waals surface area contributed by atoms with Crippen LogP contribution in [0.15, 0.2) is 67.0 Å². The molecule has 2 amide bonds. The number of hydrogen-bond donors (Lipinski definition) is 3. The summed E-state index contributed by atoms with van der Waals surface area (Å²) in [5.74, 6) is -0.386. The molecular weight excluding hydrogens is 390 g/mol. The molecule has 1 aliphatic heterocycles. The van der Waals surface area contributed by atoms with Crippen molar-refractivity contribution >= 4 is 23.2 Å². The van der Waals surface area contributed by atoms with Gasteiger partial charge in [0.2, 0.25) is 0 Å². The summed E-state index contributed by atoms with van der Waals surface area (Å²) in [5, 5.41) is 6.11. The van der Waals surface area contributed by atoms with Crippen LogP contribution in [-0.2, 0) is 0 Å². The number of anilines is 2. The first-order chi connectivity index (χ1) is 14.7. The monoisotopic (exact) mass is 415 g/mol. The molecule has 4 N–H and O–H groups in total. The van der Waals surface area contributed by atoms with Gasteiger partial charge < -0.3 is 10.6 Å². The Hall–Kier alpha value is -3.71. The van der Waals surface area contributed by atoms with Gasteiger partial charge in [0.25, 0.3) is 11.8 Å². The average molecular weight is 415 g/mol. The predicted molar refractivity (Wildman–Crippen MR) is 122 cm³/mol. The zero-order valence-electron chi connectivity index (χ0n) is 17.7. The maximum absolute atomic E-state index is 13.3. The van der Waals surface area contributed by atoms with Gasteiger partial charge in [0.15, 0.2) is 6.29 Å². The van der Waals surface area contributed by atoms with Crippen LogP contribution in [0.2, 0.25) is 0 Å². The molecule has 1 aromatic heterocycles. The number of rotatable bonds is 3. The molecule has 4 rings (SSSR count). The third-order valence-corrected chi connectivity index (χ3v) is 4.91. The number of carbonyl (C=O) groups excluding carboxylic acids is 2. The number of carbonyl (C=O) groups is 2. The standard InChI is InChI=1S/C24H25N5O2/c1-24(2,3)28-21(30)17-11-16(13-26-14-17)15-9-10-20-19(12-15)22(31)29(23(25)27-20)18-7-5-4-6-8-18/h4-14,23,27H,25H2,1-3H3,(H,28,30). The Morgan fingerprint density at radius 2 is 1.81 bits per heavy atom. The van der Waals surface area contributed by atoms with E-state index in [0.717, 1.165) is 11.1 Å². The Balaban J connectivity index is 1.68. The lowest BCUT2D eigenvalue weighted by Crippen LogP contribution is -2.54. The summed E-state index contributed by atoms with van der Waals surface area (Å²) in [5.41, 5.74) is 9.74. The van der Waals surface area contributed by atoms with Crippen LogP contribution >= 0.6 is 0 Å². The molecule has 1 unspecified atom stereocenters. The van der Waals surface area contributed by atoms with Crippen molar-refractivity contribution in [1.29, 1.82) is 0 Å². The van der Waals surface area contributed by atoms with E-state index in [1.807, 2.05) is 63.2 Å². The van der Waals surface area contributed by atoms with E-state index < -0.39 is 6.29 Å². The van der Waals surface area contributed by atoms with Crippen molar-refractivity contribution in [3.63, 3.8) is 0 Å². The lowest BCUT2D eigenvalue weighted by molar-refractivity contribution is 0.0918. The van der Waals surface area contributed by atoms with Crippen molar-refractivity contribution in [2.45, 2.75) is 32.6 Å². The second-order valence-electron chi connectivity index (χ2n) is 8.53. The van der Waals surface area contributed by atoms with Crippen molar-refractivity contribution in [2.75, 3.05) is 10.2 Å². The molecular formula is C24H25N5O2. The quantitative estimate of drug-likeness (QED) is 0.607. The highest BCUT2D eigenvalue weighted by molar-refractivity contribution is 6.12. The maximum atomic E-state index is 13.3. The lowest BCUT2D eigenvalue weighted by atomic mass is 9.99. The van der Waals surface area contributed by atoms with E-state index in [9.17, 15) is 9.59 Å². The zero-order chi connectivity index (χ0) is 22.2. The van der Waals surface area contributed by atoms with E-state index in [-0.39, 0.29) is 17.4 Å². The number of benzene rings is 2. The van der Waals surface area contributed by atoms with Gasteiger partial charge in [-0.3, -0.25) is 25.2 Å².